The summed E-state index contributed by atoms with van der Waals surface area (Å²) >= 11 is 0. The Bertz CT molecular complexity index is 1270. The van der Waals surface area contributed by atoms with Gasteiger partial charge >= 0.3 is 0 Å². The Labute approximate surface area is 182 Å². The molecule has 1 fully saturated rings. The van der Waals surface area contributed by atoms with E-state index < -0.39 is 38.7 Å². The Hall–Kier alpha value is -3.12. The van der Waals surface area contributed by atoms with E-state index in [-0.39, 0.29) is 17.4 Å². The number of hydrogen-bond donors (Lipinski definition) is 3. The van der Waals surface area contributed by atoms with Gasteiger partial charge in [0.15, 0.2) is 5.82 Å². The van der Waals surface area contributed by atoms with Crippen LogP contribution in [0.15, 0.2) is 24.7 Å². The van der Waals surface area contributed by atoms with Crippen LogP contribution in [0.4, 0.5) is 20.3 Å². The highest BCUT2D eigenvalue weighted by atomic mass is 32.2. The highest BCUT2D eigenvalue weighted by Gasteiger charge is 2.29. The van der Waals surface area contributed by atoms with Gasteiger partial charge in [0.2, 0.25) is 33.6 Å². The highest BCUT2D eigenvalue weighted by molar-refractivity contribution is 7.92. The van der Waals surface area contributed by atoms with Crippen LogP contribution in [0.2, 0.25) is 0 Å². The number of benzene rings is 1. The minimum absolute atomic E-state index is 0.000487. The number of aromatic nitrogens is 3. The number of sulfonamides is 1. The van der Waals surface area contributed by atoms with Crippen LogP contribution in [0, 0.1) is 11.6 Å². The fraction of sp³-hybridized carbons (Fsp3) is 0.350. The molecule has 12 heteroatoms. The molecule has 4 N–H and O–H groups in total. The highest BCUT2D eigenvalue weighted by Crippen LogP contribution is 2.29. The van der Waals surface area contributed by atoms with E-state index in [2.05, 4.69) is 25.0 Å². The normalized spacial score (nSPS) is 16.4. The van der Waals surface area contributed by atoms with Crippen molar-refractivity contribution < 1.29 is 31.7 Å². The summed E-state index contributed by atoms with van der Waals surface area (Å²) in [5, 5.41) is 3.56. The summed E-state index contributed by atoms with van der Waals surface area (Å²) in [7, 11) is -3.84. The molecule has 1 aliphatic heterocycles. The van der Waals surface area contributed by atoms with Crippen molar-refractivity contribution in [2.75, 3.05) is 29.0 Å². The lowest BCUT2D eigenvalue weighted by Gasteiger charge is -2.12. The largest absolute Gasteiger partial charge is 0.378 e. The summed E-state index contributed by atoms with van der Waals surface area (Å²) in [6, 6.07) is 1.81. The maximum atomic E-state index is 15.1. The summed E-state index contributed by atoms with van der Waals surface area (Å²) in [6.45, 7) is 2.73. The second-order valence-electron chi connectivity index (χ2n) is 7.44. The number of halogens is 2. The Morgan fingerprint density at radius 1 is 1.38 bits per heavy atom. The van der Waals surface area contributed by atoms with Gasteiger partial charge in [0.1, 0.15) is 11.2 Å². The predicted octanol–water partition coefficient (Wildman–Crippen LogP) is 2.24. The molecule has 3 aromatic rings. The average Bonchev–Trinajstić information content (AvgIpc) is 3.40. The molecule has 0 aliphatic carbocycles. The van der Waals surface area contributed by atoms with Gasteiger partial charge < -0.3 is 9.72 Å². The first-order valence-electron chi connectivity index (χ1n) is 10.1. The molecule has 9 nitrogen and oxygen atoms in total. The zero-order valence-corrected chi connectivity index (χ0v) is 18.0. The van der Waals surface area contributed by atoms with Crippen LogP contribution in [0.25, 0.3) is 11.0 Å². The number of hydrogen-bond acceptors (Lipinski definition) is 6. The zero-order valence-electron chi connectivity index (χ0n) is 17.2. The maximum Gasteiger partial charge on any atom is 0.232 e. The van der Waals surface area contributed by atoms with Crippen molar-refractivity contribution in [3.8, 4) is 0 Å². The first-order valence-corrected chi connectivity index (χ1v) is 11.7. The lowest BCUT2D eigenvalue weighted by Crippen LogP contribution is -2.25. The maximum absolute atomic E-state index is 15.1. The van der Waals surface area contributed by atoms with Crippen LogP contribution in [-0.2, 0) is 14.8 Å². The van der Waals surface area contributed by atoms with Crippen LogP contribution >= 0.6 is 0 Å². The van der Waals surface area contributed by atoms with Gasteiger partial charge in [0.25, 0.3) is 0 Å². The van der Waals surface area contributed by atoms with Crippen molar-refractivity contribution in [1.82, 2.24) is 9.97 Å². The minimum atomic E-state index is -3.84. The second kappa shape index (κ2) is 8.79. The molecule has 1 aliphatic rings. The molecule has 0 radical (unpaired) electrons. The van der Waals surface area contributed by atoms with Gasteiger partial charge in [-0.2, -0.15) is 0 Å². The molecule has 0 bridgehead atoms. The summed E-state index contributed by atoms with van der Waals surface area (Å²) in [5.74, 6) is -3.12. The van der Waals surface area contributed by atoms with E-state index in [0.717, 1.165) is 18.6 Å². The topological polar surface area (TPSA) is 127 Å². The van der Waals surface area contributed by atoms with Gasteiger partial charge in [-0.15, -0.1) is 0 Å². The third-order valence-corrected chi connectivity index (χ3v) is 6.57. The molecule has 0 saturated carbocycles. The van der Waals surface area contributed by atoms with Crippen LogP contribution < -0.4 is 15.0 Å². The van der Waals surface area contributed by atoms with Crippen molar-refractivity contribution in [1.29, 1.82) is 0 Å². The molecule has 32 heavy (non-hydrogen) atoms. The van der Waals surface area contributed by atoms with E-state index in [0.29, 0.717) is 36.5 Å². The van der Waals surface area contributed by atoms with Crippen LogP contribution in [0.1, 0.15) is 35.7 Å². The monoisotopic (exact) mass is 466 g/mol. The third-order valence-electron chi connectivity index (χ3n) is 5.09. The number of anilines is 2. The number of rotatable bonds is 8. The van der Waals surface area contributed by atoms with E-state index in [4.69, 9.17) is 4.74 Å². The minimum Gasteiger partial charge on any atom is -0.378 e. The number of aromatic amines is 2. The summed E-state index contributed by atoms with van der Waals surface area (Å²) in [5.41, 5.74) is -1.03. The molecule has 1 atom stereocenters. The Morgan fingerprint density at radius 2 is 2.19 bits per heavy atom. The molecule has 1 aromatic carbocycles. The first-order chi connectivity index (χ1) is 15.3. The Morgan fingerprint density at radius 3 is 2.91 bits per heavy atom. The van der Waals surface area contributed by atoms with Crippen molar-refractivity contribution in [2.24, 2.45) is 0 Å². The summed E-state index contributed by atoms with van der Waals surface area (Å²) in [4.78, 5) is 23.1. The molecule has 3 heterocycles. The fourth-order valence-corrected chi connectivity index (χ4v) is 4.74. The van der Waals surface area contributed by atoms with Crippen LogP contribution in [0.3, 0.4) is 0 Å². The van der Waals surface area contributed by atoms with Gasteiger partial charge in [0, 0.05) is 12.6 Å². The molecule has 1 saturated heterocycles. The van der Waals surface area contributed by atoms with Gasteiger partial charge in [-0.05, 0) is 18.6 Å². The van der Waals surface area contributed by atoms with Crippen molar-refractivity contribution in [3.05, 3.63) is 47.4 Å². The number of ether oxygens (including phenoxy) is 1. The van der Waals surface area contributed by atoms with E-state index in [1.165, 1.54) is 12.5 Å². The summed E-state index contributed by atoms with van der Waals surface area (Å²) in [6.07, 6.45) is 3.81. The number of carbonyl (C=O) groups excluding carboxylic acids is 1. The van der Waals surface area contributed by atoms with Crippen molar-refractivity contribution >= 4 is 38.3 Å². The number of carbonyl (C=O) groups is 1. The molecule has 0 spiro atoms. The molecule has 2 aromatic heterocycles. The van der Waals surface area contributed by atoms with E-state index in [1.54, 1.807) is 6.92 Å². The zero-order chi connectivity index (χ0) is 22.9. The van der Waals surface area contributed by atoms with Gasteiger partial charge in [-0.3, -0.25) is 14.8 Å². The predicted molar refractivity (Wildman–Crippen MR) is 113 cm³/mol. The van der Waals surface area contributed by atoms with Gasteiger partial charge in [-0.25, -0.2) is 22.2 Å². The van der Waals surface area contributed by atoms with Crippen LogP contribution in [0.5, 0.6) is 0 Å². The van der Waals surface area contributed by atoms with Gasteiger partial charge in [-0.1, -0.05) is 11.9 Å². The van der Waals surface area contributed by atoms with Crippen LogP contribution in [-0.4, -0.2) is 49.2 Å². The smallest absolute Gasteiger partial charge is 0.232 e. The fourth-order valence-electron chi connectivity index (χ4n) is 3.61. The Kier molecular flexibility index (Phi) is 6.07. The van der Waals surface area contributed by atoms with Crippen molar-refractivity contribution in [3.63, 3.8) is 0 Å². The molecule has 0 amide bonds. The van der Waals surface area contributed by atoms with E-state index >= 15 is 4.39 Å². The molecular weight excluding hydrogens is 444 g/mol. The number of nitrogens with zero attached hydrogens (tertiary/aromatic N) is 1. The standard InChI is InChI=1S/C20H21F2N5O4S/c1-2-7-32(29,30)27-14-4-3-13(21)16(17(14)22)18(28)12-8-23-19-15(12)20(25-10-24-19)26-11-5-6-31-9-11/h3-4,8,10-11,27H,2,5-7,9H2,1H3,(H2,23,24,25,26)/p+1. The average molecular weight is 466 g/mol. The van der Waals surface area contributed by atoms with Crippen molar-refractivity contribution in [2.45, 2.75) is 25.8 Å². The lowest BCUT2D eigenvalue weighted by molar-refractivity contribution is -0.364. The van der Waals surface area contributed by atoms with E-state index in [1.807, 2.05) is 0 Å². The first kappa shape index (κ1) is 22.1. The van der Waals surface area contributed by atoms with E-state index in [9.17, 15) is 17.6 Å². The summed E-state index contributed by atoms with van der Waals surface area (Å²) < 4.78 is 61.2. The molecule has 1 unspecified atom stereocenters. The Balaban J connectivity index is 1.75. The molecular formula is C20H22F2N5O4S+. The third kappa shape index (κ3) is 4.28. The quantitative estimate of drug-likeness (QED) is 0.437. The molecule has 170 valence electrons. The number of H-pyrrole nitrogens is 2. The second-order valence-corrected chi connectivity index (χ2v) is 9.28. The molecule has 4 rings (SSSR count). The van der Waals surface area contributed by atoms with Gasteiger partial charge in [0.05, 0.1) is 41.8 Å². The SMILES string of the molecule is CCCS(=O)(=O)Nc1ccc(F)c(C(=O)c2c[nH]c3nc[nH+]c(NC4CCOC4)c23)c1F. The number of fused-ring (bicyclic) bond motifs is 1. The number of ketones is 1. The number of nitrogens with one attached hydrogen (secondary N) is 4. The lowest BCUT2D eigenvalue weighted by atomic mass is 10.0.